The molecule has 0 aliphatic heterocycles. The van der Waals surface area contributed by atoms with Gasteiger partial charge in [0.25, 0.3) is 0 Å². The number of hydrogen-bond acceptors (Lipinski definition) is 3. The molecule has 0 bridgehead atoms. The Bertz CT molecular complexity index is 630. The van der Waals surface area contributed by atoms with Gasteiger partial charge in [-0.05, 0) is 55.3 Å². The fraction of sp³-hybridized carbons (Fsp3) is 0.278. The zero-order chi connectivity index (χ0) is 16.7. The second-order valence-electron chi connectivity index (χ2n) is 5.49. The van der Waals surface area contributed by atoms with Gasteiger partial charge in [-0.25, -0.2) is 4.39 Å². The van der Waals surface area contributed by atoms with Gasteiger partial charge in [0.2, 0.25) is 5.91 Å². The van der Waals surface area contributed by atoms with Crippen molar-refractivity contribution >= 4 is 18.3 Å². The molecule has 4 nitrogen and oxygen atoms in total. The molecule has 2 rings (SSSR count). The van der Waals surface area contributed by atoms with Crippen molar-refractivity contribution in [1.82, 2.24) is 5.32 Å². The van der Waals surface area contributed by atoms with Crippen LogP contribution in [-0.4, -0.2) is 11.9 Å². The average molecular weight is 353 g/mol. The van der Waals surface area contributed by atoms with Crippen LogP contribution in [0.4, 0.5) is 4.39 Å². The number of rotatable bonds is 7. The van der Waals surface area contributed by atoms with Crippen molar-refractivity contribution in [2.75, 3.05) is 0 Å². The zero-order valence-corrected chi connectivity index (χ0v) is 14.3. The fourth-order valence-corrected chi connectivity index (χ4v) is 1.96. The molecule has 2 aromatic rings. The summed E-state index contributed by atoms with van der Waals surface area (Å²) in [6.07, 6.45) is 1.11. The predicted molar refractivity (Wildman–Crippen MR) is 94.9 cm³/mol. The zero-order valence-electron chi connectivity index (χ0n) is 13.5. The summed E-state index contributed by atoms with van der Waals surface area (Å²) < 4.78 is 18.4. The fourth-order valence-electron chi connectivity index (χ4n) is 1.96. The quantitative estimate of drug-likeness (QED) is 0.797. The highest BCUT2D eigenvalue weighted by atomic mass is 35.5. The Morgan fingerprint density at radius 2 is 1.67 bits per heavy atom. The summed E-state index contributed by atoms with van der Waals surface area (Å²) >= 11 is 0. The van der Waals surface area contributed by atoms with Crippen molar-refractivity contribution < 1.29 is 13.9 Å². The second kappa shape index (κ2) is 9.90. The Hall–Kier alpha value is -2.11. The Labute approximate surface area is 147 Å². The highest BCUT2D eigenvalue weighted by Crippen LogP contribution is 2.21. The first-order valence-electron chi connectivity index (χ1n) is 7.57. The van der Waals surface area contributed by atoms with Gasteiger partial charge in [-0.15, -0.1) is 12.4 Å². The van der Waals surface area contributed by atoms with E-state index in [0.29, 0.717) is 30.9 Å². The van der Waals surface area contributed by atoms with Crippen LogP contribution in [0.25, 0.3) is 0 Å². The summed E-state index contributed by atoms with van der Waals surface area (Å²) in [7, 11) is 0. The van der Waals surface area contributed by atoms with Gasteiger partial charge in [-0.1, -0.05) is 12.1 Å². The summed E-state index contributed by atoms with van der Waals surface area (Å²) in [5.41, 5.74) is 6.60. The lowest BCUT2D eigenvalue weighted by Crippen LogP contribution is -2.25. The van der Waals surface area contributed by atoms with Crippen LogP contribution in [0, 0.1) is 5.82 Å². The predicted octanol–water partition coefficient (Wildman–Crippen LogP) is 3.78. The van der Waals surface area contributed by atoms with Gasteiger partial charge in [-0.3, -0.25) is 4.79 Å². The van der Waals surface area contributed by atoms with E-state index in [9.17, 15) is 9.18 Å². The van der Waals surface area contributed by atoms with E-state index in [1.807, 2.05) is 31.2 Å². The van der Waals surface area contributed by atoms with Crippen LogP contribution in [-0.2, 0) is 11.3 Å². The Kier molecular flexibility index (Phi) is 8.22. The van der Waals surface area contributed by atoms with Crippen molar-refractivity contribution in [3.05, 3.63) is 59.9 Å². The largest absolute Gasteiger partial charge is 0.457 e. The molecule has 0 aliphatic carbocycles. The molecule has 2 aromatic carbocycles. The number of carbonyl (C=O) groups is 1. The van der Waals surface area contributed by atoms with Crippen molar-refractivity contribution in [3.63, 3.8) is 0 Å². The van der Waals surface area contributed by atoms with Gasteiger partial charge in [0.15, 0.2) is 0 Å². The third-order valence-electron chi connectivity index (χ3n) is 3.29. The number of carbonyl (C=O) groups excluding carboxylic acids is 1. The summed E-state index contributed by atoms with van der Waals surface area (Å²) in [6, 6.07) is 13.3. The lowest BCUT2D eigenvalue weighted by molar-refractivity contribution is -0.121. The maximum absolute atomic E-state index is 12.8. The molecule has 6 heteroatoms. The highest BCUT2D eigenvalue weighted by Gasteiger charge is 2.04. The molecule has 0 fully saturated rings. The van der Waals surface area contributed by atoms with E-state index in [1.165, 1.54) is 12.1 Å². The number of halogens is 2. The molecule has 24 heavy (non-hydrogen) atoms. The minimum absolute atomic E-state index is 0. The molecule has 0 aliphatic rings. The molecule has 130 valence electrons. The van der Waals surface area contributed by atoms with E-state index in [0.717, 1.165) is 5.56 Å². The van der Waals surface area contributed by atoms with Crippen LogP contribution in [0.3, 0.4) is 0 Å². The van der Waals surface area contributed by atoms with Gasteiger partial charge < -0.3 is 15.8 Å². The minimum atomic E-state index is -0.299. The average Bonchev–Trinajstić information content (AvgIpc) is 2.54. The first-order chi connectivity index (χ1) is 11.0. The molecule has 0 radical (unpaired) electrons. The van der Waals surface area contributed by atoms with Gasteiger partial charge in [0, 0.05) is 19.0 Å². The van der Waals surface area contributed by atoms with Gasteiger partial charge >= 0.3 is 0 Å². The summed E-state index contributed by atoms with van der Waals surface area (Å²) in [4.78, 5) is 11.6. The highest BCUT2D eigenvalue weighted by molar-refractivity contribution is 5.85. The van der Waals surface area contributed by atoms with E-state index < -0.39 is 0 Å². The van der Waals surface area contributed by atoms with Crippen LogP contribution in [0.1, 0.15) is 25.3 Å². The second-order valence-corrected chi connectivity index (χ2v) is 5.49. The van der Waals surface area contributed by atoms with Crippen LogP contribution in [0.15, 0.2) is 48.5 Å². The molecule has 1 atom stereocenters. The lowest BCUT2D eigenvalue weighted by atomic mass is 10.2. The first kappa shape index (κ1) is 19.9. The van der Waals surface area contributed by atoms with Crippen molar-refractivity contribution in [2.45, 2.75) is 32.4 Å². The number of amides is 1. The van der Waals surface area contributed by atoms with Crippen LogP contribution in [0.2, 0.25) is 0 Å². The Balaban J connectivity index is 0.00000288. The molecular formula is C18H22ClFN2O2. The third-order valence-corrected chi connectivity index (χ3v) is 3.29. The maximum atomic E-state index is 12.8. The van der Waals surface area contributed by atoms with E-state index >= 15 is 0 Å². The molecule has 0 spiro atoms. The van der Waals surface area contributed by atoms with Gasteiger partial charge in [0.1, 0.15) is 17.3 Å². The normalized spacial score (nSPS) is 11.3. The van der Waals surface area contributed by atoms with E-state index in [4.69, 9.17) is 10.5 Å². The molecule has 0 saturated carbocycles. The van der Waals surface area contributed by atoms with Crippen LogP contribution >= 0.6 is 12.4 Å². The number of hydrogen-bond donors (Lipinski definition) is 2. The van der Waals surface area contributed by atoms with Crippen LogP contribution in [0.5, 0.6) is 11.5 Å². The maximum Gasteiger partial charge on any atom is 0.220 e. The number of benzene rings is 2. The van der Waals surface area contributed by atoms with Crippen molar-refractivity contribution in [2.24, 2.45) is 5.73 Å². The van der Waals surface area contributed by atoms with Crippen molar-refractivity contribution in [1.29, 1.82) is 0 Å². The van der Waals surface area contributed by atoms with E-state index in [2.05, 4.69) is 5.32 Å². The molecule has 0 aromatic heterocycles. The molecule has 1 amide bonds. The monoisotopic (exact) mass is 352 g/mol. The minimum Gasteiger partial charge on any atom is -0.457 e. The summed E-state index contributed by atoms with van der Waals surface area (Å²) in [6.45, 7) is 2.35. The van der Waals surface area contributed by atoms with Gasteiger partial charge in [0.05, 0.1) is 0 Å². The lowest BCUT2D eigenvalue weighted by Gasteiger charge is -2.09. The van der Waals surface area contributed by atoms with E-state index in [1.54, 1.807) is 12.1 Å². The molecule has 0 heterocycles. The number of nitrogens with two attached hydrogens (primary N) is 1. The van der Waals surface area contributed by atoms with E-state index in [-0.39, 0.29) is 30.2 Å². The molecular weight excluding hydrogens is 331 g/mol. The first-order valence-corrected chi connectivity index (χ1v) is 7.57. The molecule has 1 unspecified atom stereocenters. The van der Waals surface area contributed by atoms with Gasteiger partial charge in [-0.2, -0.15) is 0 Å². The Morgan fingerprint density at radius 3 is 2.21 bits per heavy atom. The third kappa shape index (κ3) is 6.98. The molecule has 0 saturated heterocycles. The number of ether oxygens (including phenoxy) is 1. The standard InChI is InChI=1S/C18H21FN2O2.ClH/c1-13(20)2-11-18(22)21-12-14-3-7-16(8-4-14)23-17-9-5-15(19)6-10-17;/h3-10,13H,2,11-12,20H2,1H3,(H,21,22);1H. The molecule has 3 N–H and O–H groups in total. The topological polar surface area (TPSA) is 64.4 Å². The smallest absolute Gasteiger partial charge is 0.220 e. The Morgan fingerprint density at radius 1 is 1.12 bits per heavy atom. The summed E-state index contributed by atoms with van der Waals surface area (Å²) in [5, 5.41) is 2.85. The SMILES string of the molecule is CC(N)CCC(=O)NCc1ccc(Oc2ccc(F)cc2)cc1.Cl. The van der Waals surface area contributed by atoms with Crippen LogP contribution < -0.4 is 15.8 Å². The van der Waals surface area contributed by atoms with Crippen molar-refractivity contribution in [3.8, 4) is 11.5 Å². The summed E-state index contributed by atoms with van der Waals surface area (Å²) in [5.74, 6) is 0.924. The number of nitrogens with one attached hydrogen (secondary N) is 1.